The molecule has 0 saturated carbocycles. The van der Waals surface area contributed by atoms with E-state index in [0.29, 0.717) is 16.6 Å². The van der Waals surface area contributed by atoms with Gasteiger partial charge in [-0.3, -0.25) is 15.0 Å². The molecular formula is C27H26N6O8S. The molecular weight excluding hydrogens is 568 g/mol. The van der Waals surface area contributed by atoms with E-state index in [1.165, 1.54) is 19.1 Å². The Labute approximate surface area is 238 Å². The lowest BCUT2D eigenvalue weighted by Gasteiger charge is -2.16. The molecule has 1 heterocycles. The fraction of sp³-hybridized carbons (Fsp3) is 0.148. The molecule has 0 aliphatic carbocycles. The molecule has 0 fully saturated rings. The van der Waals surface area contributed by atoms with Crippen LogP contribution in [0.2, 0.25) is 0 Å². The van der Waals surface area contributed by atoms with E-state index >= 15 is 0 Å². The van der Waals surface area contributed by atoms with Gasteiger partial charge in [0, 0.05) is 23.1 Å². The standard InChI is InChI=1S/C27H26N6O8S/c1-12(34)6-21(27(38)39)31-23(36)9-13-7-17(16-11-15(42(30,40)41)3-5-22(16)35)24(37)18(8-13)26-32-19-4-2-14(25(28)29)10-20(19)33-26/h2-5,7-8,10-11,21,35,37H,6,9H2,1H3,(H3,28,29)(H,31,36)(H,32,33)(H,38,39)(H2,30,40,41)/t21-/m0/s1. The summed E-state index contributed by atoms with van der Waals surface area (Å²) >= 11 is 0. The van der Waals surface area contributed by atoms with Crippen LogP contribution in [0.1, 0.15) is 24.5 Å². The first-order valence-electron chi connectivity index (χ1n) is 12.2. The second-order valence-corrected chi connectivity index (χ2v) is 11.1. The summed E-state index contributed by atoms with van der Waals surface area (Å²) in [7, 11) is -4.20. The van der Waals surface area contributed by atoms with Crippen molar-refractivity contribution in [2.24, 2.45) is 10.9 Å². The van der Waals surface area contributed by atoms with Gasteiger partial charge in [-0.25, -0.2) is 23.3 Å². The predicted octanol–water partition coefficient (Wildman–Crippen LogP) is 1.33. The number of nitrogens with one attached hydrogen (secondary N) is 3. The minimum atomic E-state index is -4.20. The number of Topliss-reactive ketones (excluding diaryl/α,β-unsaturated/α-hetero) is 1. The smallest absolute Gasteiger partial charge is 0.326 e. The lowest BCUT2D eigenvalue weighted by molar-refractivity contribution is -0.143. The highest BCUT2D eigenvalue weighted by atomic mass is 32.2. The number of imidazole rings is 1. The summed E-state index contributed by atoms with van der Waals surface area (Å²) in [5, 5.41) is 46.5. The van der Waals surface area contributed by atoms with Gasteiger partial charge >= 0.3 is 5.97 Å². The van der Waals surface area contributed by atoms with Crippen molar-refractivity contribution in [1.29, 1.82) is 5.41 Å². The zero-order chi connectivity index (χ0) is 30.9. The van der Waals surface area contributed by atoms with E-state index < -0.39 is 58.1 Å². The number of sulfonamides is 1. The van der Waals surface area contributed by atoms with Gasteiger partial charge in [-0.05, 0) is 61.0 Å². The number of H-pyrrole nitrogens is 1. The Kier molecular flexibility index (Phi) is 7.99. The van der Waals surface area contributed by atoms with E-state index in [2.05, 4.69) is 15.3 Å². The zero-order valence-electron chi connectivity index (χ0n) is 22.0. The second-order valence-electron chi connectivity index (χ2n) is 9.54. The fourth-order valence-corrected chi connectivity index (χ4v) is 4.85. The summed E-state index contributed by atoms with van der Waals surface area (Å²) in [4.78, 5) is 42.9. The van der Waals surface area contributed by atoms with Crippen molar-refractivity contribution < 1.29 is 38.1 Å². The molecule has 0 spiro atoms. The molecule has 3 aromatic carbocycles. The van der Waals surface area contributed by atoms with Crippen molar-refractivity contribution >= 4 is 44.6 Å². The highest BCUT2D eigenvalue weighted by Crippen LogP contribution is 2.42. The lowest BCUT2D eigenvalue weighted by atomic mass is 9.95. The molecule has 4 aromatic rings. The number of aromatic amines is 1. The van der Waals surface area contributed by atoms with Gasteiger partial charge in [-0.1, -0.05) is 0 Å². The van der Waals surface area contributed by atoms with Crippen molar-refractivity contribution in [3.05, 3.63) is 59.7 Å². The number of phenols is 2. The van der Waals surface area contributed by atoms with Crippen molar-refractivity contribution in [1.82, 2.24) is 15.3 Å². The van der Waals surface area contributed by atoms with Crippen molar-refractivity contribution in [3.8, 4) is 34.0 Å². The summed E-state index contributed by atoms with van der Waals surface area (Å²) in [6.07, 6.45) is -0.852. The van der Waals surface area contributed by atoms with Crippen LogP contribution < -0.4 is 16.2 Å². The van der Waals surface area contributed by atoms with Gasteiger partial charge in [0.05, 0.1) is 27.9 Å². The number of aromatic hydroxyl groups is 2. The van der Waals surface area contributed by atoms with Crippen molar-refractivity contribution in [2.75, 3.05) is 0 Å². The summed E-state index contributed by atoms with van der Waals surface area (Å²) in [5.74, 6) is -3.51. The number of aliphatic carboxylic acids is 1. The first-order valence-corrected chi connectivity index (χ1v) is 13.8. The van der Waals surface area contributed by atoms with E-state index in [4.69, 9.17) is 16.3 Å². The van der Waals surface area contributed by atoms with E-state index in [9.17, 15) is 38.1 Å². The average molecular weight is 595 g/mol. The molecule has 0 unspecified atom stereocenters. The van der Waals surface area contributed by atoms with Crippen LogP contribution >= 0.6 is 0 Å². The maximum atomic E-state index is 12.8. The van der Waals surface area contributed by atoms with Crippen LogP contribution in [0.3, 0.4) is 0 Å². The minimum absolute atomic E-state index is 0.0507. The van der Waals surface area contributed by atoms with E-state index in [-0.39, 0.29) is 38.8 Å². The van der Waals surface area contributed by atoms with Crippen LogP contribution in [-0.4, -0.2) is 63.2 Å². The third-order valence-electron chi connectivity index (χ3n) is 6.29. The van der Waals surface area contributed by atoms with Crippen LogP contribution in [-0.2, 0) is 30.8 Å². The number of ketones is 1. The highest BCUT2D eigenvalue weighted by molar-refractivity contribution is 7.89. The summed E-state index contributed by atoms with van der Waals surface area (Å²) in [6, 6.07) is 9.23. The van der Waals surface area contributed by atoms with E-state index in [0.717, 1.165) is 18.2 Å². The number of carbonyl (C=O) groups is 3. The highest BCUT2D eigenvalue weighted by Gasteiger charge is 2.24. The van der Waals surface area contributed by atoms with Gasteiger partial charge in [0.1, 0.15) is 35.0 Å². The summed E-state index contributed by atoms with van der Waals surface area (Å²) < 4.78 is 24.0. The van der Waals surface area contributed by atoms with Crippen LogP contribution in [0.25, 0.3) is 33.5 Å². The Balaban J connectivity index is 1.87. The van der Waals surface area contributed by atoms with Gasteiger partial charge in [0.2, 0.25) is 15.9 Å². The predicted molar refractivity (Wildman–Crippen MR) is 151 cm³/mol. The number of rotatable bonds is 10. The normalized spacial score (nSPS) is 12.1. The van der Waals surface area contributed by atoms with Gasteiger partial charge in [-0.2, -0.15) is 0 Å². The number of hydrogen-bond acceptors (Lipinski definition) is 9. The first kappa shape index (κ1) is 29.7. The van der Waals surface area contributed by atoms with Gasteiger partial charge in [0.25, 0.3) is 0 Å². The molecule has 15 heteroatoms. The number of phenolic OH excluding ortho intramolecular Hbond substituents is 2. The number of primary sulfonamides is 1. The van der Waals surface area contributed by atoms with Gasteiger partial charge < -0.3 is 31.4 Å². The maximum absolute atomic E-state index is 12.8. The fourth-order valence-electron chi connectivity index (χ4n) is 4.31. The number of benzene rings is 3. The third-order valence-corrected chi connectivity index (χ3v) is 7.21. The number of nitrogens with two attached hydrogens (primary N) is 2. The monoisotopic (exact) mass is 594 g/mol. The average Bonchev–Trinajstić information content (AvgIpc) is 3.32. The van der Waals surface area contributed by atoms with Gasteiger partial charge in [-0.15, -0.1) is 0 Å². The number of hydrogen-bond donors (Lipinski definition) is 8. The molecule has 10 N–H and O–H groups in total. The van der Waals surface area contributed by atoms with Crippen molar-refractivity contribution in [2.45, 2.75) is 30.7 Å². The number of aromatic nitrogens is 2. The quantitative estimate of drug-likeness (QED) is 0.0964. The molecule has 218 valence electrons. The number of amidine groups is 1. The minimum Gasteiger partial charge on any atom is -0.507 e. The SMILES string of the molecule is CC(=O)C[C@H](NC(=O)Cc1cc(-c2nc3ccc(C(=N)N)cc3[nH]2)c(O)c(-c2cc(S(N)(=O)=O)ccc2O)c1)C(=O)O. The van der Waals surface area contributed by atoms with Crippen LogP contribution in [0.4, 0.5) is 0 Å². The number of nitrogens with zero attached hydrogens (tertiary/aromatic N) is 1. The van der Waals surface area contributed by atoms with Gasteiger partial charge in [0.15, 0.2) is 0 Å². The molecule has 0 aliphatic rings. The van der Waals surface area contributed by atoms with E-state index in [1.54, 1.807) is 18.2 Å². The molecule has 1 atom stereocenters. The number of carbonyl (C=O) groups excluding carboxylic acids is 2. The second kappa shape index (κ2) is 11.3. The molecule has 14 nitrogen and oxygen atoms in total. The number of carboxylic acids is 1. The molecule has 42 heavy (non-hydrogen) atoms. The largest absolute Gasteiger partial charge is 0.507 e. The van der Waals surface area contributed by atoms with Crippen LogP contribution in [0, 0.1) is 5.41 Å². The van der Waals surface area contributed by atoms with Crippen LogP contribution in [0.5, 0.6) is 11.5 Å². The van der Waals surface area contributed by atoms with Crippen molar-refractivity contribution in [3.63, 3.8) is 0 Å². The summed E-state index contributed by atoms with van der Waals surface area (Å²) in [5.41, 5.74) is 6.96. The molecule has 4 rings (SSSR count). The Hall–Kier alpha value is -5.28. The Morgan fingerprint density at radius 2 is 1.74 bits per heavy atom. The third kappa shape index (κ3) is 6.37. The lowest BCUT2D eigenvalue weighted by Crippen LogP contribution is -2.42. The first-order chi connectivity index (χ1) is 19.6. The van der Waals surface area contributed by atoms with Crippen LogP contribution in [0.15, 0.2) is 53.4 Å². The topological polar surface area (TPSA) is 263 Å². The molecule has 0 aliphatic heterocycles. The summed E-state index contributed by atoms with van der Waals surface area (Å²) in [6.45, 7) is 1.19. The molecule has 0 saturated heterocycles. The molecule has 1 aromatic heterocycles. The Morgan fingerprint density at radius 1 is 1.05 bits per heavy atom. The molecule has 0 radical (unpaired) electrons. The maximum Gasteiger partial charge on any atom is 0.326 e. The van der Waals surface area contributed by atoms with E-state index in [1.807, 2.05) is 0 Å². The molecule has 1 amide bonds. The molecule has 0 bridgehead atoms. The Morgan fingerprint density at radius 3 is 2.36 bits per heavy atom. The Bertz CT molecular complexity index is 1880. The number of amides is 1. The number of carboxylic acid groups (broad SMARTS) is 1. The number of fused-ring (bicyclic) bond motifs is 1. The zero-order valence-corrected chi connectivity index (χ0v) is 22.8. The number of nitrogen functional groups attached to an aromatic ring is 1.